The molecule has 0 saturated carbocycles. The second kappa shape index (κ2) is 5.10. The lowest BCUT2D eigenvalue weighted by atomic mass is 10.1. The van der Waals surface area contributed by atoms with Gasteiger partial charge in [0.1, 0.15) is 0 Å². The molecule has 0 bridgehead atoms. The van der Waals surface area contributed by atoms with Gasteiger partial charge in [-0.2, -0.15) is 0 Å². The van der Waals surface area contributed by atoms with E-state index in [1.807, 2.05) is 19.1 Å². The Morgan fingerprint density at radius 1 is 1.12 bits per heavy atom. The summed E-state index contributed by atoms with van der Waals surface area (Å²) in [6.45, 7) is 4.28. The summed E-state index contributed by atoms with van der Waals surface area (Å²) in [7, 11) is 0. The molecule has 1 heterocycles. The molecule has 0 unspecified atom stereocenters. The van der Waals surface area contributed by atoms with E-state index in [1.165, 1.54) is 31.4 Å². The van der Waals surface area contributed by atoms with Gasteiger partial charge in [0.05, 0.1) is 5.69 Å². The molecule has 0 aromatic heterocycles. The van der Waals surface area contributed by atoms with E-state index in [4.69, 9.17) is 5.53 Å². The minimum absolute atomic E-state index is 0.665. The van der Waals surface area contributed by atoms with Crippen LogP contribution in [0.4, 0.5) is 11.4 Å². The number of hydrogen-bond acceptors (Lipinski definition) is 2. The highest BCUT2D eigenvalue weighted by Gasteiger charge is 2.10. The monoisotopic (exact) mass is 216 g/mol. The van der Waals surface area contributed by atoms with Crippen molar-refractivity contribution in [3.8, 4) is 0 Å². The average molecular weight is 216 g/mol. The Morgan fingerprint density at radius 2 is 1.81 bits per heavy atom. The summed E-state index contributed by atoms with van der Waals surface area (Å²) >= 11 is 0. The molecule has 1 aromatic carbocycles. The summed E-state index contributed by atoms with van der Waals surface area (Å²) < 4.78 is 0. The van der Waals surface area contributed by atoms with Gasteiger partial charge in [0, 0.05) is 18.8 Å². The predicted molar refractivity (Wildman–Crippen MR) is 66.1 cm³/mol. The first-order valence-electron chi connectivity index (χ1n) is 6.02. The SMILES string of the molecule is Cc1cc(N2CCCCCC2)ccc1N=[N]. The van der Waals surface area contributed by atoms with Gasteiger partial charge < -0.3 is 4.90 Å². The van der Waals surface area contributed by atoms with E-state index in [1.54, 1.807) is 0 Å². The third-order valence-electron chi connectivity index (χ3n) is 3.26. The Morgan fingerprint density at radius 3 is 2.38 bits per heavy atom. The van der Waals surface area contributed by atoms with Crippen LogP contribution in [0.3, 0.4) is 0 Å². The standard InChI is InChI=1S/C13H18N3/c1-11-10-12(6-7-13(11)15-14)16-8-4-2-3-5-9-16/h6-7,10H,2-5,8-9H2,1H3. The Bertz CT molecular complexity index is 365. The highest BCUT2D eigenvalue weighted by Crippen LogP contribution is 2.26. The van der Waals surface area contributed by atoms with E-state index in [2.05, 4.69) is 16.1 Å². The summed E-state index contributed by atoms with van der Waals surface area (Å²) in [6, 6.07) is 6.04. The molecule has 1 aromatic rings. The summed E-state index contributed by atoms with van der Waals surface area (Å²) in [5.74, 6) is 0. The molecule has 1 aliphatic heterocycles. The number of rotatable bonds is 2. The van der Waals surface area contributed by atoms with Crippen LogP contribution in [0.25, 0.3) is 0 Å². The van der Waals surface area contributed by atoms with Gasteiger partial charge in [0.2, 0.25) is 0 Å². The fraction of sp³-hybridized carbons (Fsp3) is 0.538. The lowest BCUT2D eigenvalue weighted by molar-refractivity contribution is 0.726. The van der Waals surface area contributed by atoms with Gasteiger partial charge in [-0.3, -0.25) is 0 Å². The maximum absolute atomic E-state index is 8.78. The quantitative estimate of drug-likeness (QED) is 0.699. The van der Waals surface area contributed by atoms with Crippen molar-refractivity contribution in [1.82, 2.24) is 5.53 Å². The number of anilines is 1. The zero-order chi connectivity index (χ0) is 11.4. The first-order valence-corrected chi connectivity index (χ1v) is 6.02. The first kappa shape index (κ1) is 11.1. The molecule has 3 heteroatoms. The van der Waals surface area contributed by atoms with Crippen LogP contribution in [-0.2, 0) is 0 Å². The molecule has 0 aliphatic carbocycles. The normalized spacial score (nSPS) is 16.9. The maximum atomic E-state index is 8.78. The minimum Gasteiger partial charge on any atom is -0.372 e. The van der Waals surface area contributed by atoms with Crippen LogP contribution >= 0.6 is 0 Å². The number of hydrogen-bond donors (Lipinski definition) is 0. The lowest BCUT2D eigenvalue weighted by Crippen LogP contribution is -2.23. The topological polar surface area (TPSA) is 37.9 Å². The fourth-order valence-electron chi connectivity index (χ4n) is 2.28. The number of nitrogens with zero attached hydrogens (tertiary/aromatic N) is 3. The first-order chi connectivity index (χ1) is 7.81. The van der Waals surface area contributed by atoms with E-state index in [0.29, 0.717) is 5.69 Å². The van der Waals surface area contributed by atoms with E-state index in [-0.39, 0.29) is 0 Å². The maximum Gasteiger partial charge on any atom is 0.0906 e. The summed E-state index contributed by atoms with van der Waals surface area (Å²) in [6.07, 6.45) is 5.26. The van der Waals surface area contributed by atoms with Gasteiger partial charge in [-0.05, 0) is 49.1 Å². The zero-order valence-corrected chi connectivity index (χ0v) is 9.82. The summed E-state index contributed by atoms with van der Waals surface area (Å²) in [5, 5.41) is 3.26. The molecule has 3 nitrogen and oxygen atoms in total. The van der Waals surface area contributed by atoms with E-state index in [0.717, 1.165) is 18.7 Å². The molecule has 0 atom stereocenters. The second-order valence-corrected chi connectivity index (χ2v) is 4.47. The number of benzene rings is 1. The van der Waals surface area contributed by atoms with Crippen LogP contribution < -0.4 is 10.4 Å². The molecule has 1 saturated heterocycles. The van der Waals surface area contributed by atoms with Crippen molar-refractivity contribution >= 4 is 11.4 Å². The van der Waals surface area contributed by atoms with Gasteiger partial charge in [-0.15, -0.1) is 5.11 Å². The fourth-order valence-corrected chi connectivity index (χ4v) is 2.28. The molecule has 0 N–H and O–H groups in total. The van der Waals surface area contributed by atoms with Crippen molar-refractivity contribution in [2.75, 3.05) is 18.0 Å². The highest BCUT2D eigenvalue weighted by molar-refractivity contribution is 5.57. The smallest absolute Gasteiger partial charge is 0.0906 e. The van der Waals surface area contributed by atoms with Crippen LogP contribution in [0.5, 0.6) is 0 Å². The third kappa shape index (κ3) is 2.40. The van der Waals surface area contributed by atoms with Gasteiger partial charge in [0.25, 0.3) is 0 Å². The molecule has 1 fully saturated rings. The van der Waals surface area contributed by atoms with Crippen LogP contribution in [0.2, 0.25) is 0 Å². The molecule has 16 heavy (non-hydrogen) atoms. The van der Waals surface area contributed by atoms with Crippen molar-refractivity contribution in [2.24, 2.45) is 5.11 Å². The highest BCUT2D eigenvalue weighted by atomic mass is 15.1. The largest absolute Gasteiger partial charge is 0.372 e. The van der Waals surface area contributed by atoms with Crippen molar-refractivity contribution in [2.45, 2.75) is 32.6 Å². The molecular weight excluding hydrogens is 198 g/mol. The van der Waals surface area contributed by atoms with Crippen molar-refractivity contribution in [1.29, 1.82) is 0 Å². The van der Waals surface area contributed by atoms with Crippen LogP contribution in [0.15, 0.2) is 23.3 Å². The zero-order valence-electron chi connectivity index (χ0n) is 9.82. The van der Waals surface area contributed by atoms with E-state index >= 15 is 0 Å². The molecule has 85 valence electrons. The van der Waals surface area contributed by atoms with Crippen molar-refractivity contribution in [3.63, 3.8) is 0 Å². The van der Waals surface area contributed by atoms with Crippen LogP contribution in [0, 0.1) is 6.92 Å². The Labute approximate surface area is 97.0 Å². The van der Waals surface area contributed by atoms with E-state index in [9.17, 15) is 0 Å². The van der Waals surface area contributed by atoms with Crippen LogP contribution in [-0.4, -0.2) is 13.1 Å². The second-order valence-electron chi connectivity index (χ2n) is 4.47. The van der Waals surface area contributed by atoms with Gasteiger partial charge in [-0.1, -0.05) is 12.8 Å². The van der Waals surface area contributed by atoms with Gasteiger partial charge in [-0.25, -0.2) is 0 Å². The predicted octanol–water partition coefficient (Wildman–Crippen LogP) is 3.26. The lowest BCUT2D eigenvalue weighted by Gasteiger charge is -2.23. The average Bonchev–Trinajstić information content (AvgIpc) is 2.57. The van der Waals surface area contributed by atoms with Crippen molar-refractivity contribution < 1.29 is 0 Å². The molecule has 1 radical (unpaired) electrons. The molecule has 2 rings (SSSR count). The Kier molecular flexibility index (Phi) is 3.54. The number of aryl methyl sites for hydroxylation is 1. The molecule has 0 spiro atoms. The summed E-state index contributed by atoms with van der Waals surface area (Å²) in [4.78, 5) is 2.43. The third-order valence-corrected chi connectivity index (χ3v) is 3.26. The van der Waals surface area contributed by atoms with Gasteiger partial charge >= 0.3 is 0 Å². The molecule has 0 amide bonds. The molecular formula is C13H18N3. The van der Waals surface area contributed by atoms with Gasteiger partial charge in [0.15, 0.2) is 0 Å². The minimum atomic E-state index is 0.665. The Hall–Kier alpha value is -1.38. The Balaban J connectivity index is 2.19. The van der Waals surface area contributed by atoms with Crippen LogP contribution in [0.1, 0.15) is 31.2 Å². The van der Waals surface area contributed by atoms with Crippen molar-refractivity contribution in [3.05, 3.63) is 23.8 Å². The molecule has 1 aliphatic rings. The van der Waals surface area contributed by atoms with E-state index < -0.39 is 0 Å². The summed E-state index contributed by atoms with van der Waals surface area (Å²) in [5.41, 5.74) is 11.7.